The van der Waals surface area contributed by atoms with Crippen molar-refractivity contribution in [2.45, 2.75) is 51.1 Å². The predicted octanol–water partition coefficient (Wildman–Crippen LogP) is 5.89. The van der Waals surface area contributed by atoms with Gasteiger partial charge >= 0.3 is 12.1 Å². The summed E-state index contributed by atoms with van der Waals surface area (Å²) in [5, 5.41) is -0.170. The van der Waals surface area contributed by atoms with Gasteiger partial charge in [-0.2, -0.15) is 13.2 Å². The van der Waals surface area contributed by atoms with Gasteiger partial charge in [0.2, 0.25) is 5.91 Å². The molecule has 1 aliphatic heterocycles. The quantitative estimate of drug-likeness (QED) is 0.314. The first-order chi connectivity index (χ1) is 15.2. The number of likely N-dealkylation sites (tertiary alicyclic amines) is 1. The molecular weight excluding hydrogens is 443 g/mol. The zero-order valence-corrected chi connectivity index (χ0v) is 18.5. The highest BCUT2D eigenvalue weighted by Gasteiger charge is 2.45. The number of amides is 1. The fraction of sp³-hybridized carbons (Fsp3) is 0.583. The van der Waals surface area contributed by atoms with Crippen LogP contribution in [0.15, 0.2) is 30.4 Å². The number of nitrogens with zero attached hydrogens (tertiary/aromatic N) is 1. The van der Waals surface area contributed by atoms with E-state index in [2.05, 4.69) is 0 Å². The Morgan fingerprint density at radius 3 is 2.59 bits per heavy atom. The van der Waals surface area contributed by atoms with Crippen molar-refractivity contribution < 1.29 is 27.5 Å². The Morgan fingerprint density at radius 1 is 1.12 bits per heavy atom. The van der Waals surface area contributed by atoms with Crippen molar-refractivity contribution >= 4 is 23.5 Å². The van der Waals surface area contributed by atoms with Crippen LogP contribution in [0.25, 0.3) is 0 Å². The van der Waals surface area contributed by atoms with Crippen molar-refractivity contribution in [3.63, 3.8) is 0 Å². The SMILES string of the molecule is O=C(Oc1cc(Cl)cc(C(F)(F)F)c1)[C@H]1CC=C[C@H]2CCN(CC3CCCCC3)C(=O)[C@@H]12. The van der Waals surface area contributed by atoms with Gasteiger partial charge in [-0.05, 0) is 55.7 Å². The molecule has 1 aromatic rings. The second-order valence-corrected chi connectivity index (χ2v) is 9.57. The molecule has 0 radical (unpaired) electrons. The van der Waals surface area contributed by atoms with E-state index in [1.807, 2.05) is 17.1 Å². The van der Waals surface area contributed by atoms with Gasteiger partial charge in [-0.15, -0.1) is 0 Å². The van der Waals surface area contributed by atoms with Crippen LogP contribution in [-0.4, -0.2) is 29.9 Å². The number of alkyl halides is 3. The number of halogens is 4. The van der Waals surface area contributed by atoms with Gasteiger partial charge in [0.15, 0.2) is 0 Å². The van der Waals surface area contributed by atoms with E-state index in [-0.39, 0.29) is 22.6 Å². The number of fused-ring (bicyclic) bond motifs is 1. The molecule has 3 aliphatic rings. The zero-order chi connectivity index (χ0) is 22.9. The Bertz CT molecular complexity index is 895. The van der Waals surface area contributed by atoms with Crippen molar-refractivity contribution in [2.75, 3.05) is 13.1 Å². The lowest BCUT2D eigenvalue weighted by Crippen LogP contribution is -2.52. The van der Waals surface area contributed by atoms with E-state index in [1.165, 1.54) is 25.3 Å². The minimum Gasteiger partial charge on any atom is -0.426 e. The number of piperidine rings is 1. The first kappa shape index (κ1) is 23.1. The van der Waals surface area contributed by atoms with Crippen molar-refractivity contribution in [3.8, 4) is 5.75 Å². The fourth-order valence-electron chi connectivity index (χ4n) is 5.30. The van der Waals surface area contributed by atoms with E-state index in [0.717, 1.165) is 37.9 Å². The normalized spacial score (nSPS) is 26.7. The lowest BCUT2D eigenvalue weighted by molar-refractivity contribution is -0.153. The number of hydrogen-bond acceptors (Lipinski definition) is 3. The molecule has 1 saturated heterocycles. The molecule has 0 bridgehead atoms. The molecule has 3 atom stereocenters. The molecule has 4 nitrogen and oxygen atoms in total. The summed E-state index contributed by atoms with van der Waals surface area (Å²) in [6.07, 6.45) is 6.23. The Hall–Kier alpha value is -2.02. The van der Waals surface area contributed by atoms with Gasteiger partial charge in [-0.1, -0.05) is 43.0 Å². The maximum atomic E-state index is 13.4. The number of carbonyl (C=O) groups excluding carboxylic acids is 2. The smallest absolute Gasteiger partial charge is 0.416 e. The number of ether oxygens (including phenoxy) is 1. The van der Waals surface area contributed by atoms with Crippen molar-refractivity contribution in [3.05, 3.63) is 40.9 Å². The van der Waals surface area contributed by atoms with E-state index in [4.69, 9.17) is 16.3 Å². The molecule has 0 N–H and O–H groups in total. The van der Waals surface area contributed by atoms with Gasteiger partial charge in [0.1, 0.15) is 5.75 Å². The number of hydrogen-bond donors (Lipinski definition) is 0. The Labute approximate surface area is 190 Å². The molecule has 1 saturated carbocycles. The summed E-state index contributed by atoms with van der Waals surface area (Å²) >= 11 is 5.81. The number of rotatable bonds is 4. The van der Waals surface area contributed by atoms with Gasteiger partial charge in [0.25, 0.3) is 0 Å². The molecule has 8 heteroatoms. The van der Waals surface area contributed by atoms with Gasteiger partial charge in [0.05, 0.1) is 17.4 Å². The number of allylic oxidation sites excluding steroid dienone is 2. The van der Waals surface area contributed by atoms with Gasteiger partial charge < -0.3 is 9.64 Å². The maximum absolute atomic E-state index is 13.4. The predicted molar refractivity (Wildman–Crippen MR) is 114 cm³/mol. The van der Waals surface area contributed by atoms with Crippen LogP contribution < -0.4 is 4.74 Å². The molecule has 1 aromatic carbocycles. The summed E-state index contributed by atoms with van der Waals surface area (Å²) < 4.78 is 44.6. The van der Waals surface area contributed by atoms with Crippen LogP contribution in [0.4, 0.5) is 13.2 Å². The molecular formula is C24H27ClF3NO3. The molecule has 4 rings (SSSR count). The molecule has 1 heterocycles. The van der Waals surface area contributed by atoms with Gasteiger partial charge in [-0.25, -0.2) is 0 Å². The van der Waals surface area contributed by atoms with E-state index < -0.39 is 29.5 Å². The highest BCUT2D eigenvalue weighted by Crippen LogP contribution is 2.40. The summed E-state index contributed by atoms with van der Waals surface area (Å²) in [5.74, 6) is -1.80. The summed E-state index contributed by atoms with van der Waals surface area (Å²) in [6.45, 7) is 1.39. The molecule has 2 aliphatic carbocycles. The van der Waals surface area contributed by atoms with Crippen LogP contribution in [0.3, 0.4) is 0 Å². The Kier molecular flexibility index (Phi) is 6.84. The number of carbonyl (C=O) groups is 2. The van der Waals surface area contributed by atoms with Crippen molar-refractivity contribution in [1.29, 1.82) is 0 Å². The van der Waals surface area contributed by atoms with E-state index in [1.54, 1.807) is 0 Å². The fourth-order valence-corrected chi connectivity index (χ4v) is 5.53. The van der Waals surface area contributed by atoms with Crippen LogP contribution in [0.2, 0.25) is 5.02 Å². The highest BCUT2D eigenvalue weighted by atomic mass is 35.5. The largest absolute Gasteiger partial charge is 0.426 e. The molecule has 174 valence electrons. The maximum Gasteiger partial charge on any atom is 0.416 e. The molecule has 32 heavy (non-hydrogen) atoms. The third-order valence-corrected chi connectivity index (χ3v) is 7.14. The van der Waals surface area contributed by atoms with Crippen LogP contribution in [0.1, 0.15) is 50.5 Å². The topological polar surface area (TPSA) is 46.6 Å². The minimum absolute atomic E-state index is 0.0415. The van der Waals surface area contributed by atoms with Crippen LogP contribution >= 0.6 is 11.6 Å². The van der Waals surface area contributed by atoms with Gasteiger partial charge in [-0.3, -0.25) is 9.59 Å². The standard InChI is InChI=1S/C24H27ClF3NO3/c25-18-11-17(24(26,27)28)12-19(13-18)32-23(31)20-8-4-7-16-9-10-29(22(30)21(16)20)14-15-5-2-1-3-6-15/h4,7,11-13,15-16,20-21H,1-3,5-6,8-10,14H2/t16-,20-,21+/m0/s1. The summed E-state index contributed by atoms with van der Waals surface area (Å²) in [7, 11) is 0. The van der Waals surface area contributed by atoms with Crippen molar-refractivity contribution in [1.82, 2.24) is 4.90 Å². The second kappa shape index (κ2) is 9.46. The molecule has 1 amide bonds. The summed E-state index contributed by atoms with van der Waals surface area (Å²) in [4.78, 5) is 28.2. The molecule has 0 spiro atoms. The zero-order valence-electron chi connectivity index (χ0n) is 17.7. The van der Waals surface area contributed by atoms with Crippen molar-refractivity contribution in [2.24, 2.45) is 23.7 Å². The second-order valence-electron chi connectivity index (χ2n) is 9.13. The molecule has 0 aromatic heterocycles. The van der Waals surface area contributed by atoms with Gasteiger partial charge in [0, 0.05) is 18.1 Å². The lowest BCUT2D eigenvalue weighted by Gasteiger charge is -2.42. The molecule has 0 unspecified atom stereocenters. The number of benzene rings is 1. The average molecular weight is 470 g/mol. The first-order valence-corrected chi connectivity index (χ1v) is 11.6. The van der Waals surface area contributed by atoms with E-state index in [0.29, 0.717) is 18.9 Å². The average Bonchev–Trinajstić information content (AvgIpc) is 2.75. The third-order valence-electron chi connectivity index (χ3n) is 6.92. The van der Waals surface area contributed by atoms with Crippen LogP contribution in [0, 0.1) is 23.7 Å². The number of esters is 1. The summed E-state index contributed by atoms with van der Waals surface area (Å²) in [5.41, 5.74) is -0.985. The highest BCUT2D eigenvalue weighted by molar-refractivity contribution is 6.30. The minimum atomic E-state index is -4.61. The Morgan fingerprint density at radius 2 is 1.88 bits per heavy atom. The third kappa shape index (κ3) is 5.13. The van der Waals surface area contributed by atoms with E-state index in [9.17, 15) is 22.8 Å². The monoisotopic (exact) mass is 469 g/mol. The lowest BCUT2D eigenvalue weighted by atomic mass is 9.71. The first-order valence-electron chi connectivity index (χ1n) is 11.3. The summed E-state index contributed by atoms with van der Waals surface area (Å²) in [6, 6.07) is 2.73. The molecule has 2 fully saturated rings. The Balaban J connectivity index is 1.49. The van der Waals surface area contributed by atoms with Crippen LogP contribution in [-0.2, 0) is 15.8 Å². The van der Waals surface area contributed by atoms with E-state index >= 15 is 0 Å². The van der Waals surface area contributed by atoms with Crippen LogP contribution in [0.5, 0.6) is 5.75 Å².